The number of amides is 1. The van der Waals surface area contributed by atoms with Gasteiger partial charge in [-0.2, -0.15) is 0 Å². The molecule has 3 rings (SSSR count). The van der Waals surface area contributed by atoms with Crippen LogP contribution in [-0.2, 0) is 16.6 Å². The van der Waals surface area contributed by atoms with Gasteiger partial charge in [-0.1, -0.05) is 17.7 Å². The summed E-state index contributed by atoms with van der Waals surface area (Å²) in [7, 11) is -1.26. The third-order valence-electron chi connectivity index (χ3n) is 4.43. The predicted molar refractivity (Wildman–Crippen MR) is 113 cm³/mol. The molecule has 0 aliphatic heterocycles. The van der Waals surface area contributed by atoms with Crippen LogP contribution >= 0.6 is 11.6 Å². The van der Waals surface area contributed by atoms with Crippen LogP contribution in [-0.4, -0.2) is 37.7 Å². The number of carbonyl (C=O) groups excluding carboxylic acids is 1. The number of aromatic nitrogens is 1. The summed E-state index contributed by atoms with van der Waals surface area (Å²) in [6.45, 7) is -0.124. The number of halogens is 3. The zero-order valence-corrected chi connectivity index (χ0v) is 18.2. The number of hydrogen-bond acceptors (Lipinski definition) is 4. The lowest BCUT2D eigenvalue weighted by atomic mass is 10.1. The van der Waals surface area contributed by atoms with Gasteiger partial charge in [0, 0.05) is 31.9 Å². The topological polar surface area (TPSA) is 70.6 Å². The lowest BCUT2D eigenvalue weighted by Gasteiger charge is -2.24. The lowest BCUT2D eigenvalue weighted by molar-refractivity contribution is 0.0983. The van der Waals surface area contributed by atoms with E-state index in [0.717, 1.165) is 27.4 Å². The highest BCUT2D eigenvalue weighted by atomic mass is 35.5. The molecule has 0 aliphatic rings. The van der Waals surface area contributed by atoms with Gasteiger partial charge in [0.1, 0.15) is 16.5 Å². The van der Waals surface area contributed by atoms with Gasteiger partial charge in [-0.05, 0) is 42.5 Å². The summed E-state index contributed by atoms with van der Waals surface area (Å²) in [6, 6.07) is 11.6. The van der Waals surface area contributed by atoms with Crippen LogP contribution in [0.5, 0.6) is 0 Å². The van der Waals surface area contributed by atoms with Crippen LogP contribution in [0, 0.1) is 11.6 Å². The van der Waals surface area contributed by atoms with Crippen molar-refractivity contribution in [1.82, 2.24) is 9.29 Å². The quantitative estimate of drug-likeness (QED) is 0.549. The Morgan fingerprint density at radius 2 is 1.81 bits per heavy atom. The van der Waals surface area contributed by atoms with Crippen LogP contribution in [0.4, 0.5) is 14.5 Å². The van der Waals surface area contributed by atoms with Crippen LogP contribution in [0.15, 0.2) is 65.7 Å². The summed E-state index contributed by atoms with van der Waals surface area (Å²) >= 11 is 6.06. The number of carbonyl (C=O) groups is 1. The summed E-state index contributed by atoms with van der Waals surface area (Å²) in [5, 5.41) is -0.0607. The van der Waals surface area contributed by atoms with E-state index in [4.69, 9.17) is 11.6 Å². The van der Waals surface area contributed by atoms with E-state index < -0.39 is 27.6 Å². The molecule has 0 radical (unpaired) electrons. The monoisotopic (exact) mass is 465 g/mol. The maximum Gasteiger partial charge on any atom is 0.258 e. The smallest absolute Gasteiger partial charge is 0.258 e. The Kier molecular flexibility index (Phi) is 6.68. The first-order valence-electron chi connectivity index (χ1n) is 9.00. The van der Waals surface area contributed by atoms with Gasteiger partial charge in [0.2, 0.25) is 10.0 Å². The largest absolute Gasteiger partial charge is 0.299 e. The Labute approximate surface area is 183 Å². The first-order chi connectivity index (χ1) is 14.6. The standard InChI is InChI=1S/C21H18ClF2N3O3S/c1-26(2)31(29,30)20-11-14(6-8-17(20)22)21(28)27(13-16-5-3-4-10-25-16)19-9-7-15(23)12-18(19)24/h3-12H,13H2,1-2H3. The van der Waals surface area contributed by atoms with Crippen LogP contribution in [0.25, 0.3) is 0 Å². The highest BCUT2D eigenvalue weighted by Crippen LogP contribution is 2.28. The molecule has 3 aromatic rings. The van der Waals surface area contributed by atoms with Crippen LogP contribution < -0.4 is 4.90 Å². The molecule has 0 saturated carbocycles. The van der Waals surface area contributed by atoms with Crippen molar-refractivity contribution in [2.45, 2.75) is 11.4 Å². The van der Waals surface area contributed by atoms with E-state index in [1.165, 1.54) is 32.4 Å². The van der Waals surface area contributed by atoms with Crippen molar-refractivity contribution in [3.63, 3.8) is 0 Å². The minimum Gasteiger partial charge on any atom is -0.299 e. The van der Waals surface area contributed by atoms with E-state index in [1.807, 2.05) is 0 Å². The number of sulfonamides is 1. The average Bonchev–Trinajstić information content (AvgIpc) is 2.73. The Bertz CT molecular complexity index is 1220. The number of pyridine rings is 1. The minimum absolute atomic E-state index is 0.0375. The van der Waals surface area contributed by atoms with E-state index in [9.17, 15) is 22.0 Å². The van der Waals surface area contributed by atoms with Crippen LogP contribution in [0.3, 0.4) is 0 Å². The molecule has 0 atom stereocenters. The molecule has 0 unspecified atom stereocenters. The SMILES string of the molecule is CN(C)S(=O)(=O)c1cc(C(=O)N(Cc2ccccn2)c2ccc(F)cc2F)ccc1Cl. The maximum absolute atomic E-state index is 14.5. The molecule has 6 nitrogen and oxygen atoms in total. The molecule has 0 aliphatic carbocycles. The highest BCUT2D eigenvalue weighted by molar-refractivity contribution is 7.89. The second kappa shape index (κ2) is 9.09. The Balaban J connectivity index is 2.10. The molecule has 0 saturated heterocycles. The molecular formula is C21H18ClF2N3O3S. The van der Waals surface area contributed by atoms with Crippen molar-refractivity contribution in [3.8, 4) is 0 Å². The summed E-state index contributed by atoms with van der Waals surface area (Å²) < 4.78 is 54.0. The lowest BCUT2D eigenvalue weighted by Crippen LogP contribution is -2.32. The van der Waals surface area contributed by atoms with E-state index >= 15 is 0 Å². The molecule has 10 heteroatoms. The van der Waals surface area contributed by atoms with Gasteiger partial charge in [-0.25, -0.2) is 21.5 Å². The number of hydrogen-bond donors (Lipinski definition) is 0. The molecule has 2 aromatic carbocycles. The molecule has 31 heavy (non-hydrogen) atoms. The fourth-order valence-electron chi connectivity index (χ4n) is 2.81. The molecule has 0 spiro atoms. The van der Waals surface area contributed by atoms with Crippen molar-refractivity contribution < 1.29 is 22.0 Å². The summed E-state index contributed by atoms with van der Waals surface area (Å²) in [5.41, 5.74) is 0.239. The van der Waals surface area contributed by atoms with Gasteiger partial charge < -0.3 is 0 Å². The number of benzene rings is 2. The summed E-state index contributed by atoms with van der Waals surface area (Å²) in [6.07, 6.45) is 1.52. The van der Waals surface area contributed by atoms with E-state index in [0.29, 0.717) is 11.8 Å². The third-order valence-corrected chi connectivity index (χ3v) is 6.73. The van der Waals surface area contributed by atoms with Gasteiger partial charge in [-0.15, -0.1) is 0 Å². The number of nitrogens with zero attached hydrogens (tertiary/aromatic N) is 3. The van der Waals surface area contributed by atoms with E-state index in [2.05, 4.69) is 4.98 Å². The molecule has 162 valence electrons. The van der Waals surface area contributed by atoms with Crippen LogP contribution in [0.1, 0.15) is 16.1 Å². The third kappa shape index (κ3) is 4.90. The minimum atomic E-state index is -3.93. The molecule has 1 aromatic heterocycles. The van der Waals surface area contributed by atoms with Crippen molar-refractivity contribution >= 4 is 33.2 Å². The summed E-state index contributed by atoms with van der Waals surface area (Å²) in [4.78, 5) is 18.3. The second-order valence-corrected chi connectivity index (χ2v) is 9.27. The first kappa shape index (κ1) is 22.8. The van der Waals surface area contributed by atoms with Crippen molar-refractivity contribution in [3.05, 3.63) is 88.7 Å². The van der Waals surface area contributed by atoms with Gasteiger partial charge in [0.25, 0.3) is 5.91 Å². The number of rotatable bonds is 6. The molecule has 0 fully saturated rings. The van der Waals surface area contributed by atoms with Gasteiger partial charge in [0.15, 0.2) is 0 Å². The Hall–Kier alpha value is -2.88. The molecule has 0 N–H and O–H groups in total. The second-order valence-electron chi connectivity index (χ2n) is 6.74. The van der Waals surface area contributed by atoms with Crippen molar-refractivity contribution in [2.75, 3.05) is 19.0 Å². The Morgan fingerprint density at radius 1 is 1.06 bits per heavy atom. The number of anilines is 1. The average molecular weight is 466 g/mol. The van der Waals surface area contributed by atoms with Crippen LogP contribution in [0.2, 0.25) is 5.02 Å². The summed E-state index contributed by atoms with van der Waals surface area (Å²) in [5.74, 6) is -2.44. The van der Waals surface area contributed by atoms with E-state index in [-0.39, 0.29) is 27.7 Å². The highest BCUT2D eigenvalue weighted by Gasteiger charge is 2.26. The first-order valence-corrected chi connectivity index (χ1v) is 10.8. The van der Waals surface area contributed by atoms with Crippen molar-refractivity contribution in [1.29, 1.82) is 0 Å². The zero-order chi connectivity index (χ0) is 22.8. The van der Waals surface area contributed by atoms with Gasteiger partial charge in [0.05, 0.1) is 22.9 Å². The molecular weight excluding hydrogens is 448 g/mol. The molecule has 0 bridgehead atoms. The molecule has 1 amide bonds. The molecule has 1 heterocycles. The maximum atomic E-state index is 14.5. The van der Waals surface area contributed by atoms with Gasteiger partial charge in [-0.3, -0.25) is 14.7 Å². The fraction of sp³-hybridized carbons (Fsp3) is 0.143. The van der Waals surface area contributed by atoms with Crippen molar-refractivity contribution in [2.24, 2.45) is 0 Å². The zero-order valence-electron chi connectivity index (χ0n) is 16.6. The normalized spacial score (nSPS) is 11.5. The van der Waals surface area contributed by atoms with E-state index in [1.54, 1.807) is 18.2 Å². The Morgan fingerprint density at radius 3 is 2.42 bits per heavy atom. The predicted octanol–water partition coefficient (Wildman–Crippen LogP) is 4.11. The van der Waals surface area contributed by atoms with Gasteiger partial charge >= 0.3 is 0 Å². The fourth-order valence-corrected chi connectivity index (χ4v) is 4.20.